The van der Waals surface area contributed by atoms with E-state index in [0.29, 0.717) is 25.6 Å². The molecule has 4 rings (SSSR count). The molecule has 0 aromatic heterocycles. The Hall–Kier alpha value is -2.94. The number of ether oxygens (including phenoxy) is 2. The van der Waals surface area contributed by atoms with Gasteiger partial charge in [-0.3, -0.25) is 4.90 Å². The number of alkyl carbamates (subject to hydrolysis) is 1. The highest BCUT2D eigenvalue weighted by molar-refractivity contribution is 5.67. The zero-order chi connectivity index (χ0) is 25.4. The van der Waals surface area contributed by atoms with Crippen LogP contribution in [0.2, 0.25) is 0 Å². The summed E-state index contributed by atoms with van der Waals surface area (Å²) < 4.78 is 46.3. The Balaban J connectivity index is 1.08. The van der Waals surface area contributed by atoms with Gasteiger partial charge in [-0.05, 0) is 80.9 Å². The Bertz CT molecular complexity index is 940. The van der Waals surface area contributed by atoms with Gasteiger partial charge >= 0.3 is 12.5 Å². The van der Waals surface area contributed by atoms with Gasteiger partial charge in [0.05, 0.1) is 6.61 Å². The van der Waals surface area contributed by atoms with Crippen LogP contribution >= 0.6 is 0 Å². The van der Waals surface area contributed by atoms with Crippen LogP contribution in [-0.2, 0) is 11.3 Å². The van der Waals surface area contributed by atoms with Crippen LogP contribution in [-0.4, -0.2) is 56.2 Å². The molecule has 2 heterocycles. The summed E-state index contributed by atoms with van der Waals surface area (Å²) in [6.45, 7) is 4.96. The van der Waals surface area contributed by atoms with Crippen LogP contribution in [0, 0.1) is 5.92 Å². The van der Waals surface area contributed by atoms with Gasteiger partial charge < -0.3 is 19.7 Å². The van der Waals surface area contributed by atoms with Crippen LogP contribution in [0.25, 0.3) is 0 Å². The number of halogens is 3. The second-order valence-electron chi connectivity index (χ2n) is 9.58. The van der Waals surface area contributed by atoms with Crippen LogP contribution in [0.5, 0.6) is 5.75 Å². The predicted octanol–water partition coefficient (Wildman–Crippen LogP) is 5.58. The second-order valence-corrected chi connectivity index (χ2v) is 9.58. The van der Waals surface area contributed by atoms with Gasteiger partial charge in [-0.15, -0.1) is 13.2 Å². The number of carbonyl (C=O) groups is 1. The highest BCUT2D eigenvalue weighted by atomic mass is 19.4. The second kappa shape index (κ2) is 12.3. The minimum absolute atomic E-state index is 0.0304. The number of rotatable bonds is 8. The van der Waals surface area contributed by atoms with Crippen molar-refractivity contribution in [2.45, 2.75) is 51.1 Å². The summed E-state index contributed by atoms with van der Waals surface area (Å²) in [6.07, 6.45) is -0.437. The molecule has 0 radical (unpaired) electrons. The molecule has 0 unspecified atom stereocenters. The van der Waals surface area contributed by atoms with Gasteiger partial charge in [0.1, 0.15) is 5.75 Å². The number of piperidine rings is 2. The van der Waals surface area contributed by atoms with Gasteiger partial charge in [-0.1, -0.05) is 30.3 Å². The minimum atomic E-state index is -4.69. The fourth-order valence-electron chi connectivity index (χ4n) is 4.94. The molecule has 2 aliphatic rings. The average Bonchev–Trinajstić information content (AvgIpc) is 2.86. The predicted molar refractivity (Wildman–Crippen MR) is 132 cm³/mol. The Morgan fingerprint density at radius 3 is 2.22 bits per heavy atom. The molecular weight excluding hydrogens is 471 g/mol. The number of hydrogen-bond donors (Lipinski definition) is 1. The maximum Gasteiger partial charge on any atom is 0.573 e. The quantitative estimate of drug-likeness (QED) is 0.508. The first-order valence-corrected chi connectivity index (χ1v) is 12.6. The summed E-state index contributed by atoms with van der Waals surface area (Å²) in [5, 5.41) is 2.96. The standard InChI is InChI=1S/C27H34F3N3O3/c28-27(29,30)36-25-8-6-24(7-9-25)33-17-12-23(13-18-33)31-26(34)35-19-14-21-10-15-32(16-11-21)20-22-4-2-1-3-5-22/h1-9,21,23H,10-20H2,(H,31,34). The third kappa shape index (κ3) is 8.33. The molecule has 36 heavy (non-hydrogen) atoms. The van der Waals surface area contributed by atoms with E-state index in [1.165, 1.54) is 17.7 Å². The molecule has 0 aliphatic carbocycles. The number of alkyl halides is 3. The maximum absolute atomic E-state index is 12.3. The Labute approximate surface area is 210 Å². The smallest absolute Gasteiger partial charge is 0.450 e. The van der Waals surface area contributed by atoms with E-state index in [4.69, 9.17) is 4.74 Å². The third-order valence-corrected chi connectivity index (χ3v) is 6.97. The zero-order valence-electron chi connectivity index (χ0n) is 20.4. The monoisotopic (exact) mass is 505 g/mol. The molecule has 2 aliphatic heterocycles. The lowest BCUT2D eigenvalue weighted by atomic mass is 9.93. The van der Waals surface area contributed by atoms with E-state index in [1.807, 2.05) is 6.07 Å². The minimum Gasteiger partial charge on any atom is -0.450 e. The highest BCUT2D eigenvalue weighted by Gasteiger charge is 2.31. The molecule has 1 amide bonds. The van der Waals surface area contributed by atoms with Crippen LogP contribution in [0.4, 0.5) is 23.7 Å². The highest BCUT2D eigenvalue weighted by Crippen LogP contribution is 2.27. The van der Waals surface area contributed by atoms with E-state index in [2.05, 4.69) is 44.1 Å². The number of amides is 1. The first-order chi connectivity index (χ1) is 17.3. The number of benzene rings is 2. The number of anilines is 1. The van der Waals surface area contributed by atoms with Crippen molar-refractivity contribution in [3.63, 3.8) is 0 Å². The van der Waals surface area contributed by atoms with Gasteiger partial charge in [0.15, 0.2) is 0 Å². The van der Waals surface area contributed by atoms with Gasteiger partial charge in [0.25, 0.3) is 0 Å². The number of likely N-dealkylation sites (tertiary alicyclic amines) is 1. The lowest BCUT2D eigenvalue weighted by Crippen LogP contribution is -2.45. The largest absolute Gasteiger partial charge is 0.573 e. The van der Waals surface area contributed by atoms with E-state index < -0.39 is 6.36 Å². The van der Waals surface area contributed by atoms with Gasteiger partial charge in [-0.25, -0.2) is 4.79 Å². The van der Waals surface area contributed by atoms with Crippen molar-refractivity contribution in [1.29, 1.82) is 0 Å². The van der Waals surface area contributed by atoms with Crippen molar-refractivity contribution < 1.29 is 27.4 Å². The van der Waals surface area contributed by atoms with Gasteiger partial charge in [0.2, 0.25) is 0 Å². The van der Waals surface area contributed by atoms with E-state index in [1.54, 1.807) is 12.1 Å². The molecule has 196 valence electrons. The molecule has 0 spiro atoms. The number of hydrogen-bond acceptors (Lipinski definition) is 5. The fraction of sp³-hybridized carbons (Fsp3) is 0.519. The normalized spacial score (nSPS) is 18.1. The number of nitrogens with one attached hydrogen (secondary N) is 1. The first-order valence-electron chi connectivity index (χ1n) is 12.6. The Kier molecular flexibility index (Phi) is 8.96. The third-order valence-electron chi connectivity index (χ3n) is 6.97. The zero-order valence-corrected chi connectivity index (χ0v) is 20.4. The van der Waals surface area contributed by atoms with Crippen LogP contribution in [0.3, 0.4) is 0 Å². The summed E-state index contributed by atoms with van der Waals surface area (Å²) in [6, 6.07) is 16.4. The summed E-state index contributed by atoms with van der Waals surface area (Å²) in [7, 11) is 0. The molecular formula is C27H34F3N3O3. The topological polar surface area (TPSA) is 54.0 Å². The SMILES string of the molecule is O=C(NC1CCN(c2ccc(OC(F)(F)F)cc2)CC1)OCCC1CCN(Cc2ccccc2)CC1. The molecule has 0 bridgehead atoms. The molecule has 2 saturated heterocycles. The summed E-state index contributed by atoms with van der Waals surface area (Å²) in [5.74, 6) is 0.351. The Morgan fingerprint density at radius 1 is 0.917 bits per heavy atom. The van der Waals surface area contributed by atoms with Crippen molar-refractivity contribution in [3.05, 3.63) is 60.2 Å². The van der Waals surface area contributed by atoms with Crippen LogP contribution < -0.4 is 15.0 Å². The molecule has 0 atom stereocenters. The van der Waals surface area contributed by atoms with Crippen molar-refractivity contribution in [2.75, 3.05) is 37.7 Å². The lowest BCUT2D eigenvalue weighted by molar-refractivity contribution is -0.274. The molecule has 0 saturated carbocycles. The molecule has 1 N–H and O–H groups in total. The molecule has 9 heteroatoms. The van der Waals surface area contributed by atoms with Gasteiger partial charge in [0, 0.05) is 31.4 Å². The first kappa shape index (κ1) is 26.1. The molecule has 2 aromatic rings. The van der Waals surface area contributed by atoms with Crippen molar-refractivity contribution in [1.82, 2.24) is 10.2 Å². The summed E-state index contributed by atoms with van der Waals surface area (Å²) in [5.41, 5.74) is 2.18. The molecule has 6 nitrogen and oxygen atoms in total. The van der Waals surface area contributed by atoms with E-state index >= 15 is 0 Å². The lowest BCUT2D eigenvalue weighted by Gasteiger charge is -2.34. The average molecular weight is 506 g/mol. The van der Waals surface area contributed by atoms with Crippen LogP contribution in [0.15, 0.2) is 54.6 Å². The van der Waals surface area contributed by atoms with Crippen molar-refractivity contribution in [3.8, 4) is 5.75 Å². The maximum atomic E-state index is 12.3. The number of carbonyl (C=O) groups excluding carboxylic acids is 1. The molecule has 2 aromatic carbocycles. The van der Waals surface area contributed by atoms with E-state index in [-0.39, 0.29) is 17.9 Å². The Morgan fingerprint density at radius 2 is 1.58 bits per heavy atom. The molecule has 2 fully saturated rings. The van der Waals surface area contributed by atoms with Crippen molar-refractivity contribution >= 4 is 11.8 Å². The van der Waals surface area contributed by atoms with Gasteiger partial charge in [-0.2, -0.15) is 0 Å². The van der Waals surface area contributed by atoms with E-state index in [0.717, 1.165) is 57.4 Å². The number of nitrogens with zero attached hydrogens (tertiary/aromatic N) is 2. The van der Waals surface area contributed by atoms with Crippen LogP contribution in [0.1, 0.15) is 37.7 Å². The van der Waals surface area contributed by atoms with Crippen molar-refractivity contribution in [2.24, 2.45) is 5.92 Å². The summed E-state index contributed by atoms with van der Waals surface area (Å²) in [4.78, 5) is 16.8. The summed E-state index contributed by atoms with van der Waals surface area (Å²) >= 11 is 0. The fourth-order valence-corrected chi connectivity index (χ4v) is 4.94. The van der Waals surface area contributed by atoms with E-state index in [9.17, 15) is 18.0 Å².